The summed E-state index contributed by atoms with van der Waals surface area (Å²) in [5.74, 6) is 0. The topological polar surface area (TPSA) is 29.4 Å². The maximum atomic E-state index is 9.72. The number of nitrogens with zero attached hydrogens (tertiary/aromatic N) is 1. The molecule has 58 valence electrons. The molecule has 0 fully saturated rings. The Morgan fingerprint density at radius 2 is 1.92 bits per heavy atom. The van der Waals surface area contributed by atoms with Crippen LogP contribution in [0, 0.1) is 0 Å². The average Bonchev–Trinajstić information content (AvgIpc) is 2.14. The molecule has 0 aliphatic rings. The van der Waals surface area contributed by atoms with Gasteiger partial charge in [-0.2, -0.15) is 0 Å². The molecule has 0 bridgehead atoms. The molecular weight excluding hydrogens is 150 g/mol. The van der Waals surface area contributed by atoms with Gasteiger partial charge in [0.25, 0.3) is 0 Å². The Balaban J connectivity index is 2.58. The van der Waals surface area contributed by atoms with Crippen LogP contribution in [0.2, 0.25) is 0 Å². The molecule has 0 heterocycles. The van der Waals surface area contributed by atoms with Gasteiger partial charge >= 0.3 is 0 Å². The third-order valence-electron chi connectivity index (χ3n) is 1.18. The summed E-state index contributed by atoms with van der Waals surface area (Å²) in [6, 6.07) is 9.39. The smallest absolute Gasteiger partial charge is 0.225 e. The largest absolute Gasteiger partial charge is 0.286 e. The minimum Gasteiger partial charge on any atom is -0.286 e. The van der Waals surface area contributed by atoms with Crippen molar-refractivity contribution in [3.63, 3.8) is 0 Å². The number of benzene rings is 1. The summed E-state index contributed by atoms with van der Waals surface area (Å²) in [5, 5.41) is 0. The molecule has 0 aliphatic heterocycles. The van der Waals surface area contributed by atoms with Gasteiger partial charge in [-0.15, -0.1) is 0 Å². The van der Waals surface area contributed by atoms with Gasteiger partial charge in [0.15, 0.2) is 0 Å². The van der Waals surface area contributed by atoms with Crippen molar-refractivity contribution in [3.05, 3.63) is 42.5 Å². The number of aliphatic imine (C=N–C) groups is 1. The van der Waals surface area contributed by atoms with E-state index in [2.05, 4.69) is 11.2 Å². The normalized spacial score (nSPS) is 11.0. The molecule has 1 aromatic rings. The van der Waals surface area contributed by atoms with Crippen molar-refractivity contribution in [3.8, 4) is 0 Å². The highest BCUT2D eigenvalue weighted by atomic mass is 16.1. The molecule has 12 heavy (non-hydrogen) atoms. The summed E-state index contributed by atoms with van der Waals surface area (Å²) in [6.45, 7) is 0. The first-order valence-corrected chi connectivity index (χ1v) is 3.47. The Morgan fingerprint density at radius 1 is 1.17 bits per heavy atom. The van der Waals surface area contributed by atoms with Gasteiger partial charge in [0.1, 0.15) is 0 Å². The maximum Gasteiger partial charge on any atom is 0.225 e. The standard InChI is InChI=1S/C10H7NO/c12-9-5-4-8-11-10-6-2-1-3-7-10/h1-7H/b5-4-,11-8?. The summed E-state index contributed by atoms with van der Waals surface area (Å²) in [5.41, 5.74) is 0.813. The van der Waals surface area contributed by atoms with Crippen LogP contribution in [0.5, 0.6) is 0 Å². The van der Waals surface area contributed by atoms with E-state index in [0.717, 1.165) is 5.69 Å². The van der Waals surface area contributed by atoms with Crippen LogP contribution in [0.1, 0.15) is 0 Å². The van der Waals surface area contributed by atoms with E-state index in [1.807, 2.05) is 30.3 Å². The summed E-state index contributed by atoms with van der Waals surface area (Å²) in [6.07, 6.45) is 6.82. The van der Waals surface area contributed by atoms with E-state index in [1.54, 1.807) is 6.29 Å². The molecule has 0 saturated carbocycles. The van der Waals surface area contributed by atoms with E-state index in [4.69, 9.17) is 0 Å². The number of carbonyl (C=O) groups excluding carboxylic acids is 1. The van der Waals surface area contributed by atoms with Crippen LogP contribution in [-0.2, 0) is 4.79 Å². The van der Waals surface area contributed by atoms with Crippen LogP contribution >= 0.6 is 0 Å². The zero-order valence-corrected chi connectivity index (χ0v) is 6.40. The highest BCUT2D eigenvalue weighted by Gasteiger charge is 1.80. The minimum atomic E-state index is 0.813. The summed E-state index contributed by atoms with van der Waals surface area (Å²) < 4.78 is 0. The fourth-order valence-electron chi connectivity index (χ4n) is 0.686. The Hall–Kier alpha value is -1.70. The fraction of sp³-hybridized carbons (Fsp3) is 0. The van der Waals surface area contributed by atoms with Gasteiger partial charge in [-0.1, -0.05) is 18.2 Å². The molecule has 0 aliphatic carbocycles. The van der Waals surface area contributed by atoms with Crippen LogP contribution < -0.4 is 0 Å². The molecule has 0 spiro atoms. The Kier molecular flexibility index (Phi) is 3.51. The lowest BCUT2D eigenvalue weighted by molar-refractivity contribution is 0.564. The summed E-state index contributed by atoms with van der Waals surface area (Å²) >= 11 is 0. The Morgan fingerprint density at radius 3 is 2.58 bits per heavy atom. The van der Waals surface area contributed by atoms with Crippen molar-refractivity contribution >= 4 is 18.2 Å². The number of hydrogen-bond donors (Lipinski definition) is 0. The molecule has 1 aromatic carbocycles. The van der Waals surface area contributed by atoms with Crippen LogP contribution in [-0.4, -0.2) is 12.5 Å². The number of allylic oxidation sites excluding steroid dienone is 2. The van der Waals surface area contributed by atoms with Gasteiger partial charge in [0, 0.05) is 0 Å². The number of hydrogen-bond acceptors (Lipinski definition) is 2. The predicted octanol–water partition coefficient (Wildman–Crippen LogP) is 1.93. The Labute approximate surface area is 71.3 Å². The summed E-state index contributed by atoms with van der Waals surface area (Å²) in [7, 11) is 0. The van der Waals surface area contributed by atoms with Gasteiger partial charge in [-0.05, 0) is 24.3 Å². The van der Waals surface area contributed by atoms with Crippen LogP contribution in [0.25, 0.3) is 0 Å². The molecule has 0 atom stereocenters. The first-order valence-electron chi connectivity index (χ1n) is 3.47. The van der Waals surface area contributed by atoms with Crippen molar-refractivity contribution in [1.29, 1.82) is 0 Å². The van der Waals surface area contributed by atoms with Gasteiger partial charge in [0.2, 0.25) is 6.29 Å². The van der Waals surface area contributed by atoms with E-state index in [1.165, 1.54) is 12.2 Å². The molecular formula is C10H7NO. The average molecular weight is 157 g/mol. The quantitative estimate of drug-likeness (QED) is 0.487. The molecule has 0 saturated heterocycles. The van der Waals surface area contributed by atoms with E-state index >= 15 is 0 Å². The van der Waals surface area contributed by atoms with Crippen molar-refractivity contribution in [2.45, 2.75) is 0 Å². The molecule has 0 amide bonds. The van der Waals surface area contributed by atoms with Crippen molar-refractivity contribution in [2.24, 2.45) is 4.99 Å². The second kappa shape index (κ2) is 5.02. The SMILES string of the molecule is O=[C]/C=C\[C]=N\c1ccccc1. The predicted molar refractivity (Wildman–Crippen MR) is 48.4 cm³/mol. The van der Waals surface area contributed by atoms with Crippen LogP contribution in [0.3, 0.4) is 0 Å². The monoisotopic (exact) mass is 157 g/mol. The van der Waals surface area contributed by atoms with E-state index in [0.29, 0.717) is 0 Å². The van der Waals surface area contributed by atoms with Gasteiger partial charge in [-0.3, -0.25) is 4.79 Å². The van der Waals surface area contributed by atoms with Gasteiger partial charge < -0.3 is 0 Å². The zero-order valence-electron chi connectivity index (χ0n) is 6.40. The van der Waals surface area contributed by atoms with Gasteiger partial charge in [0.05, 0.1) is 11.9 Å². The Bertz CT molecular complexity index is 288. The van der Waals surface area contributed by atoms with Crippen molar-refractivity contribution in [1.82, 2.24) is 0 Å². The molecule has 0 N–H and O–H groups in total. The molecule has 2 nitrogen and oxygen atoms in total. The third kappa shape index (κ3) is 2.92. The second-order valence-corrected chi connectivity index (χ2v) is 2.03. The molecule has 0 unspecified atom stereocenters. The molecule has 0 aromatic heterocycles. The van der Waals surface area contributed by atoms with Crippen molar-refractivity contribution in [2.75, 3.05) is 0 Å². The van der Waals surface area contributed by atoms with E-state index < -0.39 is 0 Å². The molecule has 2 radical (unpaired) electrons. The number of rotatable bonds is 3. The lowest BCUT2D eigenvalue weighted by Gasteiger charge is -1.86. The minimum absolute atomic E-state index is 0.813. The molecule has 1 rings (SSSR count). The maximum absolute atomic E-state index is 9.72. The second-order valence-electron chi connectivity index (χ2n) is 2.03. The number of para-hydroxylation sites is 1. The summed E-state index contributed by atoms with van der Waals surface area (Å²) in [4.78, 5) is 13.7. The first kappa shape index (κ1) is 8.40. The zero-order chi connectivity index (χ0) is 8.65. The van der Waals surface area contributed by atoms with Crippen molar-refractivity contribution < 1.29 is 4.79 Å². The van der Waals surface area contributed by atoms with Crippen LogP contribution in [0.15, 0.2) is 47.5 Å². The highest BCUT2D eigenvalue weighted by Crippen LogP contribution is 2.07. The first-order chi connectivity index (χ1) is 5.93. The van der Waals surface area contributed by atoms with E-state index in [9.17, 15) is 4.79 Å². The lowest BCUT2D eigenvalue weighted by Crippen LogP contribution is -1.66. The highest BCUT2D eigenvalue weighted by molar-refractivity contribution is 5.80. The van der Waals surface area contributed by atoms with E-state index in [-0.39, 0.29) is 0 Å². The lowest BCUT2D eigenvalue weighted by atomic mass is 10.3. The fourth-order valence-corrected chi connectivity index (χ4v) is 0.686. The molecule has 2 heteroatoms. The van der Waals surface area contributed by atoms with Crippen LogP contribution in [0.4, 0.5) is 5.69 Å². The third-order valence-corrected chi connectivity index (χ3v) is 1.18. The van der Waals surface area contributed by atoms with Gasteiger partial charge in [-0.25, -0.2) is 4.99 Å².